The van der Waals surface area contributed by atoms with E-state index in [0.29, 0.717) is 53.2 Å². The molecule has 0 radical (unpaired) electrons. The van der Waals surface area contributed by atoms with E-state index in [0.717, 1.165) is 4.68 Å². The van der Waals surface area contributed by atoms with Gasteiger partial charge in [0, 0.05) is 18.6 Å². The number of carbonyl (C=O) groups is 2. The molecule has 3 heterocycles. The number of carbonyl (C=O) groups excluding carboxylic acids is 2. The Kier molecular flexibility index (Phi) is 9.28. The summed E-state index contributed by atoms with van der Waals surface area (Å²) in [6, 6.07) is 0. The minimum Gasteiger partial charge on any atom is -0.444 e. The Hall–Kier alpha value is -2.25. The van der Waals surface area contributed by atoms with Crippen LogP contribution in [0.4, 0.5) is 15.4 Å². The number of ether oxygens (including phenoxy) is 2. The molecule has 11 nitrogen and oxygen atoms in total. The van der Waals surface area contributed by atoms with Crippen molar-refractivity contribution in [3.05, 3.63) is 10.3 Å². The Bertz CT molecular complexity index is 1280. The lowest BCUT2D eigenvalue weighted by Gasteiger charge is -2.41. The van der Waals surface area contributed by atoms with E-state index in [2.05, 4.69) is 65.1 Å². The van der Waals surface area contributed by atoms with E-state index in [1.807, 2.05) is 27.7 Å². The number of hydrogen-bond acceptors (Lipinski definition) is 9. The molecule has 0 atom stereocenters. The summed E-state index contributed by atoms with van der Waals surface area (Å²) in [5, 5.41) is 7.43. The van der Waals surface area contributed by atoms with Crippen molar-refractivity contribution in [2.45, 2.75) is 124 Å². The molecule has 0 saturated carbocycles. The standard InChI is InChI=1S/C28H47BrN6O5Si/c1-25(2,3)39-23(36)32-28(10)13-15-34(16-14-28)21-18(17-38-41(11,12)27(7,8)9)30-19-20(29)33-35(22(19)31-21)24(37)40-26(4,5)6/h13-17H2,1-12H3,(H,32,36). The average molecular weight is 656 g/mol. The minimum absolute atomic E-state index is 0.0210. The van der Waals surface area contributed by atoms with Crippen LogP contribution in [0.3, 0.4) is 0 Å². The first kappa shape index (κ1) is 33.3. The molecule has 1 fully saturated rings. The second-order valence-corrected chi connectivity index (χ2v) is 20.1. The van der Waals surface area contributed by atoms with Crippen LogP contribution in [0.2, 0.25) is 18.1 Å². The van der Waals surface area contributed by atoms with Gasteiger partial charge in [0.25, 0.3) is 0 Å². The summed E-state index contributed by atoms with van der Waals surface area (Å²) in [6.07, 6.45) is 0.281. The van der Waals surface area contributed by atoms with E-state index in [4.69, 9.17) is 23.9 Å². The predicted molar refractivity (Wildman–Crippen MR) is 166 cm³/mol. The SMILES string of the molecule is CC1(NC(=O)OC(C)(C)C)CCN(c2nc3c(nc2CO[Si](C)(C)C(C)(C)C)c(Br)nn3C(=O)OC(C)(C)C)CC1. The van der Waals surface area contributed by atoms with Gasteiger partial charge in [0.15, 0.2) is 24.4 Å². The zero-order valence-corrected chi connectivity index (χ0v) is 29.3. The van der Waals surface area contributed by atoms with Crippen molar-refractivity contribution < 1.29 is 23.5 Å². The maximum Gasteiger partial charge on any atom is 0.437 e. The van der Waals surface area contributed by atoms with Crippen LogP contribution >= 0.6 is 15.9 Å². The number of fused-ring (bicyclic) bond motifs is 1. The monoisotopic (exact) mass is 654 g/mol. The smallest absolute Gasteiger partial charge is 0.437 e. The van der Waals surface area contributed by atoms with Gasteiger partial charge in [0.05, 0.1) is 6.61 Å². The Labute approximate surface area is 253 Å². The van der Waals surface area contributed by atoms with Gasteiger partial charge in [-0.05, 0) is 95.4 Å². The largest absolute Gasteiger partial charge is 0.444 e. The fraction of sp³-hybridized carbons (Fsp3) is 0.750. The number of alkyl carbamates (subject to hydrolysis) is 1. The van der Waals surface area contributed by atoms with E-state index in [-0.39, 0.29) is 11.6 Å². The molecule has 230 valence electrons. The molecular weight excluding hydrogens is 608 g/mol. The Balaban J connectivity index is 1.97. The van der Waals surface area contributed by atoms with E-state index in [9.17, 15) is 9.59 Å². The Morgan fingerprint density at radius 3 is 2.05 bits per heavy atom. The number of piperidine rings is 1. The molecule has 1 aliphatic rings. The number of hydrogen-bond donors (Lipinski definition) is 1. The van der Waals surface area contributed by atoms with Crippen LogP contribution in [0.1, 0.15) is 87.8 Å². The maximum atomic E-state index is 13.0. The molecule has 1 amide bonds. The number of nitrogens with zero attached hydrogens (tertiary/aromatic N) is 5. The lowest BCUT2D eigenvalue weighted by Crippen LogP contribution is -2.54. The Morgan fingerprint density at radius 2 is 1.54 bits per heavy atom. The number of halogens is 1. The van der Waals surface area contributed by atoms with Crippen molar-refractivity contribution in [3.63, 3.8) is 0 Å². The second kappa shape index (κ2) is 11.4. The first-order chi connectivity index (χ1) is 18.5. The zero-order chi connectivity index (χ0) is 31.2. The number of anilines is 1. The quantitative estimate of drug-likeness (QED) is 0.348. The van der Waals surface area contributed by atoms with Crippen LogP contribution in [-0.2, 0) is 20.5 Å². The van der Waals surface area contributed by atoms with Crippen LogP contribution in [0.15, 0.2) is 4.60 Å². The van der Waals surface area contributed by atoms with E-state index in [1.165, 1.54) is 0 Å². The van der Waals surface area contributed by atoms with Crippen LogP contribution < -0.4 is 10.2 Å². The van der Waals surface area contributed by atoms with Gasteiger partial charge in [0.2, 0.25) is 0 Å². The predicted octanol–water partition coefficient (Wildman–Crippen LogP) is 6.78. The summed E-state index contributed by atoms with van der Waals surface area (Å²) in [6.45, 7) is 25.5. The highest BCUT2D eigenvalue weighted by Crippen LogP contribution is 2.38. The highest BCUT2D eigenvalue weighted by atomic mass is 79.9. The van der Waals surface area contributed by atoms with Gasteiger partial charge in [-0.1, -0.05) is 20.8 Å². The van der Waals surface area contributed by atoms with Crippen LogP contribution in [0, 0.1) is 0 Å². The van der Waals surface area contributed by atoms with Gasteiger partial charge in [-0.15, -0.1) is 4.68 Å². The highest BCUT2D eigenvalue weighted by molar-refractivity contribution is 9.10. The average Bonchev–Trinajstić information content (AvgIpc) is 3.10. The summed E-state index contributed by atoms with van der Waals surface area (Å²) in [5.74, 6) is 0.632. The van der Waals surface area contributed by atoms with Crippen molar-refractivity contribution in [3.8, 4) is 0 Å². The van der Waals surface area contributed by atoms with Gasteiger partial charge in [-0.3, -0.25) is 0 Å². The van der Waals surface area contributed by atoms with Crippen LogP contribution in [0.5, 0.6) is 0 Å². The van der Waals surface area contributed by atoms with Crippen LogP contribution in [-0.4, -0.2) is 70.1 Å². The van der Waals surface area contributed by atoms with Gasteiger partial charge in [0.1, 0.15) is 22.4 Å². The topological polar surface area (TPSA) is 121 Å². The summed E-state index contributed by atoms with van der Waals surface area (Å²) in [5.41, 5.74) is -0.269. The third kappa shape index (κ3) is 8.41. The molecule has 3 rings (SSSR count). The van der Waals surface area contributed by atoms with Gasteiger partial charge in [-0.25, -0.2) is 19.6 Å². The Morgan fingerprint density at radius 1 is 0.976 bits per heavy atom. The molecule has 0 aromatic carbocycles. The zero-order valence-electron chi connectivity index (χ0n) is 26.7. The molecular formula is C28H47BrN6O5Si. The maximum absolute atomic E-state index is 13.0. The van der Waals surface area contributed by atoms with E-state index in [1.54, 1.807) is 20.8 Å². The molecule has 0 bridgehead atoms. The molecule has 1 N–H and O–H groups in total. The normalized spacial score (nSPS) is 16.6. The van der Waals surface area contributed by atoms with Crippen molar-refractivity contribution in [1.82, 2.24) is 25.1 Å². The number of amides is 1. The van der Waals surface area contributed by atoms with Gasteiger partial charge in [-0.2, -0.15) is 5.10 Å². The van der Waals surface area contributed by atoms with Crippen molar-refractivity contribution in [2.24, 2.45) is 0 Å². The van der Waals surface area contributed by atoms with E-state index >= 15 is 0 Å². The molecule has 41 heavy (non-hydrogen) atoms. The summed E-state index contributed by atoms with van der Waals surface area (Å²) in [4.78, 5) is 37.5. The lowest BCUT2D eigenvalue weighted by molar-refractivity contribution is 0.0446. The molecule has 2 aromatic heterocycles. The van der Waals surface area contributed by atoms with Gasteiger partial charge < -0.3 is 24.1 Å². The second-order valence-electron chi connectivity index (χ2n) is 14.6. The number of rotatable bonds is 5. The molecule has 0 spiro atoms. The van der Waals surface area contributed by atoms with Gasteiger partial charge >= 0.3 is 12.2 Å². The molecule has 0 aliphatic carbocycles. The summed E-state index contributed by atoms with van der Waals surface area (Å²) in [7, 11) is -2.10. The third-order valence-corrected chi connectivity index (χ3v) is 12.4. The first-order valence-electron chi connectivity index (χ1n) is 14.1. The number of nitrogens with one attached hydrogen (secondary N) is 1. The molecule has 2 aromatic rings. The first-order valence-corrected chi connectivity index (χ1v) is 17.8. The highest BCUT2D eigenvalue weighted by Gasteiger charge is 2.39. The van der Waals surface area contributed by atoms with E-state index < -0.39 is 37.2 Å². The van der Waals surface area contributed by atoms with Crippen LogP contribution in [0.25, 0.3) is 11.2 Å². The van der Waals surface area contributed by atoms with Crippen molar-refractivity contribution >= 4 is 53.4 Å². The van der Waals surface area contributed by atoms with Crippen molar-refractivity contribution in [2.75, 3.05) is 18.0 Å². The lowest BCUT2D eigenvalue weighted by atomic mass is 9.89. The molecule has 0 unspecified atom stereocenters. The molecule has 1 aliphatic heterocycles. The van der Waals surface area contributed by atoms with Crippen molar-refractivity contribution in [1.29, 1.82) is 0 Å². The summed E-state index contributed by atoms with van der Waals surface area (Å²) < 4.78 is 19.2. The minimum atomic E-state index is -2.10. The third-order valence-electron chi connectivity index (χ3n) is 7.42. The molecule has 1 saturated heterocycles. The fourth-order valence-electron chi connectivity index (χ4n) is 4.06. The summed E-state index contributed by atoms with van der Waals surface area (Å²) >= 11 is 3.46. The fourth-order valence-corrected chi connectivity index (χ4v) is 5.41. The molecule has 13 heteroatoms. The number of aromatic nitrogens is 4.